The molecule has 0 radical (unpaired) electrons. The Morgan fingerprint density at radius 3 is 2.27 bits per heavy atom. The molecule has 0 aliphatic rings. The second-order valence-corrected chi connectivity index (χ2v) is 2.42. The van der Waals surface area contributed by atoms with E-state index < -0.39 is 8.25 Å². The molecule has 11 heavy (non-hydrogen) atoms. The van der Waals surface area contributed by atoms with E-state index in [2.05, 4.69) is 4.52 Å². The van der Waals surface area contributed by atoms with Crippen LogP contribution in [0.1, 0.15) is 0 Å². The normalized spacial score (nSPS) is 11.4. The molecular weight excluding hydrogens is 178 g/mol. The molecule has 1 N–H and O–H groups in total. The van der Waals surface area contributed by atoms with E-state index in [9.17, 15) is 4.57 Å². The number of para-hydroxylation sites is 1. The van der Waals surface area contributed by atoms with Gasteiger partial charge in [0.25, 0.3) is 0 Å². The summed E-state index contributed by atoms with van der Waals surface area (Å²) in [6, 6.07) is 8.53. The third kappa shape index (κ3) is 4.24. The molecule has 1 atom stereocenters. The molecule has 0 bridgehead atoms. The minimum Gasteiger partial charge on any atom is -0.426 e. The van der Waals surface area contributed by atoms with E-state index in [1.54, 1.807) is 30.3 Å². The van der Waals surface area contributed by atoms with Crippen LogP contribution >= 0.6 is 8.25 Å². The van der Waals surface area contributed by atoms with Crippen molar-refractivity contribution < 1.29 is 14.0 Å². The summed E-state index contributed by atoms with van der Waals surface area (Å²) in [5, 5.41) is 0. The van der Waals surface area contributed by atoms with Gasteiger partial charge in [-0.05, 0) is 12.1 Å². The Morgan fingerprint density at radius 1 is 1.27 bits per heavy atom. The van der Waals surface area contributed by atoms with Crippen LogP contribution in [0.5, 0.6) is 5.75 Å². The van der Waals surface area contributed by atoms with Crippen molar-refractivity contribution in [1.29, 1.82) is 0 Å². The molecule has 0 saturated heterocycles. The highest BCUT2D eigenvalue weighted by Gasteiger charge is 1.92. The van der Waals surface area contributed by atoms with Gasteiger partial charge in [0.2, 0.25) is 0 Å². The van der Waals surface area contributed by atoms with E-state index in [-0.39, 0.29) is 17.4 Å². The van der Waals surface area contributed by atoms with Crippen molar-refractivity contribution >= 4 is 25.6 Å². The van der Waals surface area contributed by atoms with Crippen LogP contribution < -0.4 is 4.52 Å². The third-order valence-electron chi connectivity index (χ3n) is 0.948. The molecule has 3 nitrogen and oxygen atoms in total. The largest absolute Gasteiger partial charge is 0.426 e. The van der Waals surface area contributed by atoms with Gasteiger partial charge >= 0.3 is 8.25 Å². The summed E-state index contributed by atoms with van der Waals surface area (Å²) in [5.74, 6) is 0.425. The molecule has 0 amide bonds. The number of rotatable bonds is 2. The van der Waals surface area contributed by atoms with Gasteiger partial charge in [0.1, 0.15) is 5.75 Å². The van der Waals surface area contributed by atoms with Crippen molar-refractivity contribution in [3.63, 3.8) is 0 Å². The Morgan fingerprint density at radius 2 is 1.82 bits per heavy atom. The van der Waals surface area contributed by atoms with Crippen LogP contribution in [0.3, 0.4) is 0 Å². The van der Waals surface area contributed by atoms with E-state index in [4.69, 9.17) is 4.89 Å². The van der Waals surface area contributed by atoms with Gasteiger partial charge in [-0.1, -0.05) is 18.2 Å². The Hall–Kier alpha value is -0.258. The fourth-order valence-electron chi connectivity index (χ4n) is 0.589. The van der Waals surface area contributed by atoms with Crippen molar-refractivity contribution in [2.45, 2.75) is 0 Å². The third-order valence-corrected chi connectivity index (χ3v) is 1.36. The Balaban J connectivity index is 0.000001000. The highest BCUT2D eigenvalue weighted by Crippen LogP contribution is 2.21. The molecule has 1 unspecified atom stereocenters. The maximum atomic E-state index is 10.1. The second-order valence-electron chi connectivity index (χ2n) is 1.68. The lowest BCUT2D eigenvalue weighted by atomic mass is 10.3. The molecule has 5 heteroatoms. The van der Waals surface area contributed by atoms with E-state index in [1.807, 2.05) is 0 Å². The lowest BCUT2D eigenvalue weighted by Gasteiger charge is -1.98. The van der Waals surface area contributed by atoms with Crippen molar-refractivity contribution in [3.05, 3.63) is 30.3 Å². The first kappa shape index (κ1) is 10.7. The predicted octanol–water partition coefficient (Wildman–Crippen LogP) is 0.263. The molecule has 1 aromatic carbocycles. The zero-order chi connectivity index (χ0) is 7.40. The minimum atomic E-state index is -2.84. The van der Waals surface area contributed by atoms with Crippen LogP contribution in [0.4, 0.5) is 0 Å². The monoisotopic (exact) mass is 188 g/mol. The quantitative estimate of drug-likeness (QED) is 0.535. The Labute approximate surface area is 76.1 Å². The molecule has 1 rings (SSSR count). The standard InChI is InChI=1S/C6H7O3P.Al.3H/c7-10(8)9-6-4-2-1-3-5-6;;;;/h1-5,10H,(H,7,8);;;;. The highest BCUT2D eigenvalue weighted by molar-refractivity contribution is 7.32. The van der Waals surface area contributed by atoms with Gasteiger partial charge in [-0.25, -0.2) is 4.57 Å². The average molecular weight is 188 g/mol. The van der Waals surface area contributed by atoms with Crippen LogP contribution in [0, 0.1) is 0 Å². The maximum Gasteiger partial charge on any atom is 0.365 e. The molecule has 0 aromatic heterocycles. The zero-order valence-corrected chi connectivity index (χ0v) is 6.15. The van der Waals surface area contributed by atoms with Crippen molar-refractivity contribution in [1.82, 2.24) is 0 Å². The summed E-state index contributed by atoms with van der Waals surface area (Å²) in [6.07, 6.45) is 0. The molecule has 1 aromatic rings. The van der Waals surface area contributed by atoms with Crippen LogP contribution in [0.2, 0.25) is 0 Å². The molecule has 0 aliphatic heterocycles. The van der Waals surface area contributed by atoms with Crippen LogP contribution in [0.25, 0.3) is 0 Å². The summed E-state index contributed by atoms with van der Waals surface area (Å²) < 4.78 is 14.6. The smallest absolute Gasteiger partial charge is 0.365 e. The van der Waals surface area contributed by atoms with E-state index >= 15 is 0 Å². The first-order chi connectivity index (χ1) is 4.79. The van der Waals surface area contributed by atoms with Gasteiger partial charge < -0.3 is 9.42 Å². The average Bonchev–Trinajstić information content (AvgIpc) is 1.88. The van der Waals surface area contributed by atoms with E-state index in [1.165, 1.54) is 0 Å². The molecule has 0 fully saturated rings. The highest BCUT2D eigenvalue weighted by atomic mass is 31.1. The van der Waals surface area contributed by atoms with Gasteiger partial charge in [-0.15, -0.1) is 0 Å². The summed E-state index contributed by atoms with van der Waals surface area (Å²) in [6.45, 7) is 0. The van der Waals surface area contributed by atoms with Crippen molar-refractivity contribution in [2.75, 3.05) is 0 Å². The second kappa shape index (κ2) is 5.40. The summed E-state index contributed by atoms with van der Waals surface area (Å²) >= 11 is 0. The first-order valence-electron chi connectivity index (χ1n) is 2.75. The minimum absolute atomic E-state index is 0. The number of hydrogen-bond acceptors (Lipinski definition) is 2. The fourth-order valence-corrected chi connectivity index (χ4v) is 0.927. The van der Waals surface area contributed by atoms with Crippen LogP contribution in [-0.4, -0.2) is 22.3 Å². The van der Waals surface area contributed by atoms with Gasteiger partial charge in [0.05, 0.1) is 0 Å². The molecule has 0 aliphatic carbocycles. The van der Waals surface area contributed by atoms with Crippen LogP contribution in [-0.2, 0) is 4.57 Å². The molecule has 0 heterocycles. The van der Waals surface area contributed by atoms with Crippen molar-refractivity contribution in [3.8, 4) is 5.75 Å². The van der Waals surface area contributed by atoms with E-state index in [0.717, 1.165) is 0 Å². The summed E-state index contributed by atoms with van der Waals surface area (Å²) in [5.41, 5.74) is 0. The molecule has 60 valence electrons. The Bertz CT molecular complexity index is 227. The summed E-state index contributed by atoms with van der Waals surface area (Å²) in [4.78, 5) is 8.33. The zero-order valence-electron chi connectivity index (χ0n) is 5.15. The topological polar surface area (TPSA) is 46.5 Å². The van der Waals surface area contributed by atoms with Gasteiger partial charge in [-0.3, -0.25) is 0 Å². The van der Waals surface area contributed by atoms with Gasteiger partial charge in [0.15, 0.2) is 17.4 Å². The fraction of sp³-hybridized carbons (Fsp3) is 0. The van der Waals surface area contributed by atoms with Gasteiger partial charge in [0, 0.05) is 0 Å². The SMILES string of the molecule is O=[PH](O)Oc1ccccc1.[AlH3]. The Kier molecular flexibility index (Phi) is 5.27. The number of benzene rings is 1. The maximum absolute atomic E-state index is 10.1. The molecular formula is C6H10AlO3P. The molecule has 0 spiro atoms. The molecule has 0 saturated carbocycles. The predicted molar refractivity (Wildman–Crippen MR) is 48.2 cm³/mol. The number of hydrogen-bond donors (Lipinski definition) is 1. The lowest BCUT2D eigenvalue weighted by molar-refractivity contribution is 0.410. The van der Waals surface area contributed by atoms with Crippen molar-refractivity contribution in [2.24, 2.45) is 0 Å². The van der Waals surface area contributed by atoms with Gasteiger partial charge in [-0.2, -0.15) is 0 Å². The van der Waals surface area contributed by atoms with Crippen LogP contribution in [0.15, 0.2) is 30.3 Å². The van der Waals surface area contributed by atoms with E-state index in [0.29, 0.717) is 5.75 Å². The first-order valence-corrected chi connectivity index (χ1v) is 4.01. The lowest BCUT2D eigenvalue weighted by Crippen LogP contribution is -1.77. The summed E-state index contributed by atoms with van der Waals surface area (Å²) in [7, 11) is -2.84.